The molecule has 0 N–H and O–H groups in total. The second kappa shape index (κ2) is 5.11. The number of hydrogen-bond acceptors (Lipinski definition) is 1. The number of rotatable bonds is 4. The van der Waals surface area contributed by atoms with Crippen LogP contribution in [0.1, 0.15) is 40.0 Å². The van der Waals surface area contributed by atoms with Gasteiger partial charge in [0.15, 0.2) is 0 Å². The van der Waals surface area contributed by atoms with E-state index in [1.807, 2.05) is 0 Å². The van der Waals surface area contributed by atoms with Gasteiger partial charge in [-0.15, -0.1) is 0 Å². The van der Waals surface area contributed by atoms with Gasteiger partial charge in [-0.1, -0.05) is 31.4 Å². The van der Waals surface area contributed by atoms with Gasteiger partial charge in [0.2, 0.25) is 0 Å². The molecule has 0 aliphatic carbocycles. The van der Waals surface area contributed by atoms with Crippen LogP contribution >= 0.6 is 0 Å². The van der Waals surface area contributed by atoms with Crippen LogP contribution in [0.3, 0.4) is 0 Å². The van der Waals surface area contributed by atoms with Crippen LogP contribution < -0.4 is 0 Å². The van der Waals surface area contributed by atoms with E-state index in [4.69, 9.17) is 0 Å². The zero-order valence-electron chi connectivity index (χ0n) is 9.09. The second-order valence-corrected chi connectivity index (χ2v) is 3.87. The molecule has 0 bridgehead atoms. The molecule has 0 amide bonds. The largest absolute Gasteiger partial charge is 0.371 e. The molecule has 0 spiro atoms. The van der Waals surface area contributed by atoms with E-state index in [1.165, 1.54) is 31.4 Å². The van der Waals surface area contributed by atoms with Crippen molar-refractivity contribution >= 4 is 0 Å². The van der Waals surface area contributed by atoms with Crippen LogP contribution in [0.4, 0.5) is 0 Å². The third-order valence-corrected chi connectivity index (χ3v) is 2.81. The average Bonchev–Trinajstić information content (AvgIpc) is 2.13. The molecular weight excluding hydrogens is 158 g/mol. The van der Waals surface area contributed by atoms with E-state index in [2.05, 4.69) is 44.0 Å². The van der Waals surface area contributed by atoms with Gasteiger partial charge < -0.3 is 4.90 Å². The lowest BCUT2D eigenvalue weighted by Gasteiger charge is -2.30. The first-order chi connectivity index (χ1) is 6.25. The van der Waals surface area contributed by atoms with Gasteiger partial charge in [-0.25, -0.2) is 0 Å². The summed E-state index contributed by atoms with van der Waals surface area (Å²) in [6.07, 6.45) is 10.6. The molecule has 1 heterocycles. The van der Waals surface area contributed by atoms with Gasteiger partial charge >= 0.3 is 0 Å². The minimum Gasteiger partial charge on any atom is -0.371 e. The highest BCUT2D eigenvalue weighted by Gasteiger charge is 2.12. The molecule has 0 aromatic carbocycles. The fourth-order valence-corrected chi connectivity index (χ4v) is 1.65. The van der Waals surface area contributed by atoms with Gasteiger partial charge in [0.05, 0.1) is 0 Å². The van der Waals surface area contributed by atoms with Gasteiger partial charge in [0.25, 0.3) is 0 Å². The van der Waals surface area contributed by atoms with E-state index in [-0.39, 0.29) is 0 Å². The number of nitrogens with zero attached hydrogens (tertiary/aromatic N) is 1. The van der Waals surface area contributed by atoms with E-state index in [0.29, 0.717) is 6.04 Å². The quantitative estimate of drug-likeness (QED) is 0.598. The maximum Gasteiger partial charge on any atom is 0.0468 e. The van der Waals surface area contributed by atoms with Crippen LogP contribution in [0.2, 0.25) is 0 Å². The Labute approximate surface area is 82.1 Å². The molecule has 1 nitrogen and oxygen atoms in total. The van der Waals surface area contributed by atoms with Crippen molar-refractivity contribution in [1.29, 1.82) is 0 Å². The molecule has 0 radical (unpaired) electrons. The number of hydrogen-bond donors (Lipinski definition) is 0. The molecule has 1 atom stereocenters. The molecular formula is C12H21N. The van der Waals surface area contributed by atoms with E-state index in [0.717, 1.165) is 0 Å². The van der Waals surface area contributed by atoms with Crippen molar-refractivity contribution in [2.24, 2.45) is 0 Å². The minimum atomic E-state index is 0.599. The highest BCUT2D eigenvalue weighted by Crippen LogP contribution is 2.16. The van der Waals surface area contributed by atoms with E-state index >= 15 is 0 Å². The summed E-state index contributed by atoms with van der Waals surface area (Å²) in [6.45, 7) is 7.94. The van der Waals surface area contributed by atoms with Crippen LogP contribution in [0.5, 0.6) is 0 Å². The van der Waals surface area contributed by atoms with Crippen LogP contribution in [-0.4, -0.2) is 17.5 Å². The zero-order valence-corrected chi connectivity index (χ0v) is 9.09. The summed E-state index contributed by atoms with van der Waals surface area (Å²) in [6, 6.07) is 0.599. The molecule has 1 aliphatic heterocycles. The summed E-state index contributed by atoms with van der Waals surface area (Å²) in [5.74, 6) is 0. The smallest absolute Gasteiger partial charge is 0.0468 e. The van der Waals surface area contributed by atoms with Crippen LogP contribution in [0.15, 0.2) is 23.9 Å². The Balaban J connectivity index is 2.35. The molecule has 13 heavy (non-hydrogen) atoms. The number of allylic oxidation sites excluding steroid dienone is 2. The summed E-state index contributed by atoms with van der Waals surface area (Å²) < 4.78 is 0. The van der Waals surface area contributed by atoms with Gasteiger partial charge in [-0.2, -0.15) is 0 Å². The lowest BCUT2D eigenvalue weighted by molar-refractivity contribution is 0.312. The maximum absolute atomic E-state index is 2.44. The molecule has 74 valence electrons. The fraction of sp³-hybridized carbons (Fsp3) is 0.667. The van der Waals surface area contributed by atoms with Gasteiger partial charge in [0, 0.05) is 12.6 Å². The van der Waals surface area contributed by atoms with Crippen molar-refractivity contribution in [3.63, 3.8) is 0 Å². The van der Waals surface area contributed by atoms with Gasteiger partial charge in [0.1, 0.15) is 0 Å². The lowest BCUT2D eigenvalue weighted by Crippen LogP contribution is -2.31. The molecule has 0 fully saturated rings. The Morgan fingerprint density at radius 3 is 2.85 bits per heavy atom. The fourth-order valence-electron chi connectivity index (χ4n) is 1.65. The highest BCUT2D eigenvalue weighted by atomic mass is 15.1. The van der Waals surface area contributed by atoms with Crippen LogP contribution in [0, 0.1) is 0 Å². The van der Waals surface area contributed by atoms with Crippen molar-refractivity contribution in [2.45, 2.75) is 46.1 Å². The molecule has 0 aromatic rings. The van der Waals surface area contributed by atoms with Crippen LogP contribution in [-0.2, 0) is 0 Å². The van der Waals surface area contributed by atoms with Crippen molar-refractivity contribution in [3.8, 4) is 0 Å². The first-order valence-corrected chi connectivity index (χ1v) is 5.36. The zero-order chi connectivity index (χ0) is 9.68. The first-order valence-electron chi connectivity index (χ1n) is 5.36. The Morgan fingerprint density at radius 2 is 2.15 bits per heavy atom. The maximum atomic E-state index is 2.44. The topological polar surface area (TPSA) is 3.24 Å². The van der Waals surface area contributed by atoms with E-state index < -0.39 is 0 Å². The molecule has 0 aromatic heterocycles. The summed E-state index contributed by atoms with van der Waals surface area (Å²) in [7, 11) is 0. The Hall–Kier alpha value is -0.720. The summed E-state index contributed by atoms with van der Waals surface area (Å²) >= 11 is 0. The normalized spacial score (nSPS) is 21.9. The van der Waals surface area contributed by atoms with Crippen molar-refractivity contribution in [3.05, 3.63) is 23.9 Å². The van der Waals surface area contributed by atoms with E-state index in [1.54, 1.807) is 0 Å². The summed E-state index contributed by atoms with van der Waals surface area (Å²) in [5.41, 5.74) is 1.47. The number of unbranched alkanes of at least 4 members (excludes halogenated alkanes) is 2. The molecule has 0 saturated heterocycles. The van der Waals surface area contributed by atoms with Gasteiger partial charge in [-0.3, -0.25) is 0 Å². The highest BCUT2D eigenvalue weighted by molar-refractivity contribution is 5.20. The second-order valence-electron chi connectivity index (χ2n) is 3.87. The SMILES string of the molecule is CCCCCN1C=CC=C(C)C1C. The molecule has 1 aliphatic rings. The van der Waals surface area contributed by atoms with E-state index in [9.17, 15) is 0 Å². The van der Waals surface area contributed by atoms with Crippen molar-refractivity contribution in [1.82, 2.24) is 4.90 Å². The summed E-state index contributed by atoms with van der Waals surface area (Å²) in [5, 5.41) is 0. The van der Waals surface area contributed by atoms with Crippen molar-refractivity contribution in [2.75, 3.05) is 6.54 Å². The standard InChI is InChI=1S/C12H21N/c1-4-5-6-9-13-10-7-8-11(2)12(13)3/h7-8,10,12H,4-6,9H2,1-3H3. The third-order valence-electron chi connectivity index (χ3n) is 2.81. The molecule has 1 rings (SSSR count). The Kier molecular flexibility index (Phi) is 4.07. The predicted molar refractivity (Wildman–Crippen MR) is 58.6 cm³/mol. The third kappa shape index (κ3) is 2.91. The molecule has 1 heteroatoms. The molecule has 1 unspecified atom stereocenters. The monoisotopic (exact) mass is 179 g/mol. The Bertz CT molecular complexity index is 203. The lowest BCUT2D eigenvalue weighted by atomic mass is 10.1. The molecule has 0 saturated carbocycles. The van der Waals surface area contributed by atoms with Crippen molar-refractivity contribution < 1.29 is 0 Å². The predicted octanol–water partition coefficient (Wildman–Crippen LogP) is 3.34. The average molecular weight is 179 g/mol. The van der Waals surface area contributed by atoms with Crippen LogP contribution in [0.25, 0.3) is 0 Å². The minimum absolute atomic E-state index is 0.599. The Morgan fingerprint density at radius 1 is 1.38 bits per heavy atom. The summed E-state index contributed by atoms with van der Waals surface area (Å²) in [4.78, 5) is 2.44. The van der Waals surface area contributed by atoms with Gasteiger partial charge in [-0.05, 0) is 32.5 Å². The first kappa shape index (κ1) is 10.4.